The molecular weight excluding hydrogens is 210 g/mol. The standard InChI is InChI=1S/C10H13N3OS/c1-6-9(7(2)14-13-6)3-10-12-8(4-11)5-15-10/h5H,3-4,11H2,1-2H3. The fourth-order valence-corrected chi connectivity index (χ4v) is 2.25. The summed E-state index contributed by atoms with van der Waals surface area (Å²) in [5.74, 6) is 0.872. The van der Waals surface area contributed by atoms with Crippen molar-refractivity contribution < 1.29 is 4.52 Å². The van der Waals surface area contributed by atoms with Gasteiger partial charge < -0.3 is 10.3 Å². The third-order valence-corrected chi connectivity index (χ3v) is 3.22. The third-order valence-electron chi connectivity index (χ3n) is 2.32. The average molecular weight is 223 g/mol. The van der Waals surface area contributed by atoms with Gasteiger partial charge in [0, 0.05) is 23.9 Å². The van der Waals surface area contributed by atoms with Gasteiger partial charge in [0.05, 0.1) is 16.4 Å². The lowest BCUT2D eigenvalue weighted by atomic mass is 10.1. The summed E-state index contributed by atoms with van der Waals surface area (Å²) in [5, 5.41) is 6.97. The van der Waals surface area contributed by atoms with Crippen LogP contribution in [0.25, 0.3) is 0 Å². The molecule has 80 valence electrons. The van der Waals surface area contributed by atoms with Gasteiger partial charge in [0.2, 0.25) is 0 Å². The molecule has 0 saturated carbocycles. The van der Waals surface area contributed by atoms with Crippen LogP contribution in [0.15, 0.2) is 9.90 Å². The van der Waals surface area contributed by atoms with E-state index in [1.165, 1.54) is 0 Å². The van der Waals surface area contributed by atoms with Crippen molar-refractivity contribution >= 4 is 11.3 Å². The number of nitrogens with two attached hydrogens (primary N) is 1. The van der Waals surface area contributed by atoms with Crippen LogP contribution in [0.2, 0.25) is 0 Å². The molecule has 0 aliphatic carbocycles. The number of rotatable bonds is 3. The van der Waals surface area contributed by atoms with E-state index in [-0.39, 0.29) is 0 Å². The molecule has 0 aliphatic rings. The molecule has 2 aromatic heterocycles. The van der Waals surface area contributed by atoms with Crippen LogP contribution < -0.4 is 5.73 Å². The number of hydrogen-bond donors (Lipinski definition) is 1. The molecule has 5 heteroatoms. The lowest BCUT2D eigenvalue weighted by molar-refractivity contribution is 0.392. The van der Waals surface area contributed by atoms with Crippen LogP contribution in [0.5, 0.6) is 0 Å². The lowest BCUT2D eigenvalue weighted by Crippen LogP contribution is -1.97. The summed E-state index contributed by atoms with van der Waals surface area (Å²) in [6, 6.07) is 0. The second-order valence-electron chi connectivity index (χ2n) is 3.42. The van der Waals surface area contributed by atoms with Gasteiger partial charge in [-0.1, -0.05) is 5.16 Å². The smallest absolute Gasteiger partial charge is 0.137 e. The predicted octanol–water partition coefficient (Wildman–Crippen LogP) is 1.80. The lowest BCUT2D eigenvalue weighted by Gasteiger charge is -1.95. The highest BCUT2D eigenvalue weighted by Gasteiger charge is 2.11. The van der Waals surface area contributed by atoms with Crippen LogP contribution in [0.3, 0.4) is 0 Å². The van der Waals surface area contributed by atoms with E-state index >= 15 is 0 Å². The zero-order valence-corrected chi connectivity index (χ0v) is 9.60. The number of aryl methyl sites for hydroxylation is 2. The topological polar surface area (TPSA) is 64.9 Å². The molecule has 0 radical (unpaired) electrons. The minimum Gasteiger partial charge on any atom is -0.361 e. The van der Waals surface area contributed by atoms with E-state index in [4.69, 9.17) is 10.3 Å². The summed E-state index contributed by atoms with van der Waals surface area (Å²) in [4.78, 5) is 4.41. The number of hydrogen-bond acceptors (Lipinski definition) is 5. The Balaban J connectivity index is 2.21. The van der Waals surface area contributed by atoms with Crippen LogP contribution in [-0.4, -0.2) is 10.1 Å². The number of thiazole rings is 1. The Kier molecular flexibility index (Phi) is 2.83. The van der Waals surface area contributed by atoms with Gasteiger partial charge in [-0.25, -0.2) is 4.98 Å². The van der Waals surface area contributed by atoms with Crippen LogP contribution in [0, 0.1) is 13.8 Å². The van der Waals surface area contributed by atoms with E-state index in [1.807, 2.05) is 19.2 Å². The van der Waals surface area contributed by atoms with Crippen molar-refractivity contribution in [2.24, 2.45) is 5.73 Å². The average Bonchev–Trinajstić information content (AvgIpc) is 2.80. The SMILES string of the molecule is Cc1noc(C)c1Cc1nc(CN)cs1. The Morgan fingerprint density at radius 1 is 1.47 bits per heavy atom. The van der Waals surface area contributed by atoms with Gasteiger partial charge in [-0.2, -0.15) is 0 Å². The van der Waals surface area contributed by atoms with Gasteiger partial charge in [0.25, 0.3) is 0 Å². The van der Waals surface area contributed by atoms with Crippen molar-refractivity contribution in [3.8, 4) is 0 Å². The minimum absolute atomic E-state index is 0.498. The zero-order valence-electron chi connectivity index (χ0n) is 8.78. The summed E-state index contributed by atoms with van der Waals surface area (Å²) < 4.78 is 5.10. The highest BCUT2D eigenvalue weighted by Crippen LogP contribution is 2.19. The Morgan fingerprint density at radius 2 is 2.27 bits per heavy atom. The Morgan fingerprint density at radius 3 is 2.80 bits per heavy atom. The summed E-state index contributed by atoms with van der Waals surface area (Å²) in [6.07, 6.45) is 0.784. The quantitative estimate of drug-likeness (QED) is 0.861. The molecule has 0 spiro atoms. The third kappa shape index (κ3) is 2.08. The van der Waals surface area contributed by atoms with E-state index in [0.717, 1.165) is 34.1 Å². The van der Waals surface area contributed by atoms with Crippen molar-refractivity contribution in [1.29, 1.82) is 0 Å². The maximum absolute atomic E-state index is 5.51. The Hall–Kier alpha value is -1.20. The molecule has 0 atom stereocenters. The number of aromatic nitrogens is 2. The van der Waals surface area contributed by atoms with Crippen LogP contribution in [0.4, 0.5) is 0 Å². The summed E-state index contributed by atoms with van der Waals surface area (Å²) in [7, 11) is 0. The zero-order chi connectivity index (χ0) is 10.8. The molecule has 2 aromatic rings. The minimum atomic E-state index is 0.498. The molecule has 0 fully saturated rings. The summed E-state index contributed by atoms with van der Waals surface area (Å²) >= 11 is 1.63. The normalized spacial score (nSPS) is 10.9. The Bertz CT molecular complexity index is 441. The molecule has 0 aliphatic heterocycles. The maximum atomic E-state index is 5.51. The van der Waals surface area contributed by atoms with Crippen molar-refractivity contribution in [3.63, 3.8) is 0 Å². The van der Waals surface area contributed by atoms with E-state index in [9.17, 15) is 0 Å². The molecule has 15 heavy (non-hydrogen) atoms. The molecule has 0 unspecified atom stereocenters. The molecule has 2 heterocycles. The molecule has 4 nitrogen and oxygen atoms in total. The van der Waals surface area contributed by atoms with Gasteiger partial charge in [-0.05, 0) is 13.8 Å². The summed E-state index contributed by atoms with van der Waals surface area (Å²) in [6.45, 7) is 4.37. The molecule has 0 bridgehead atoms. The molecule has 0 saturated heterocycles. The molecule has 0 aromatic carbocycles. The van der Waals surface area contributed by atoms with Crippen molar-refractivity contribution in [2.75, 3.05) is 0 Å². The highest BCUT2D eigenvalue weighted by molar-refractivity contribution is 7.09. The first kappa shape index (κ1) is 10.3. The van der Waals surface area contributed by atoms with Gasteiger partial charge in [-0.3, -0.25) is 0 Å². The molecule has 2 N–H and O–H groups in total. The monoisotopic (exact) mass is 223 g/mol. The maximum Gasteiger partial charge on any atom is 0.137 e. The fraction of sp³-hybridized carbons (Fsp3) is 0.400. The number of nitrogens with zero attached hydrogens (tertiary/aromatic N) is 2. The molecular formula is C10H13N3OS. The van der Waals surface area contributed by atoms with Gasteiger partial charge in [-0.15, -0.1) is 11.3 Å². The van der Waals surface area contributed by atoms with Gasteiger partial charge in [0.15, 0.2) is 0 Å². The van der Waals surface area contributed by atoms with E-state index in [0.29, 0.717) is 6.54 Å². The van der Waals surface area contributed by atoms with Crippen LogP contribution >= 0.6 is 11.3 Å². The van der Waals surface area contributed by atoms with E-state index in [2.05, 4.69) is 10.1 Å². The van der Waals surface area contributed by atoms with E-state index < -0.39 is 0 Å². The van der Waals surface area contributed by atoms with Crippen molar-refractivity contribution in [2.45, 2.75) is 26.8 Å². The molecule has 0 amide bonds. The Labute approximate surface area is 92.1 Å². The van der Waals surface area contributed by atoms with Crippen LogP contribution in [0.1, 0.15) is 27.7 Å². The van der Waals surface area contributed by atoms with E-state index in [1.54, 1.807) is 11.3 Å². The predicted molar refractivity (Wildman–Crippen MR) is 58.8 cm³/mol. The first-order valence-electron chi connectivity index (χ1n) is 4.75. The second-order valence-corrected chi connectivity index (χ2v) is 4.36. The van der Waals surface area contributed by atoms with Crippen molar-refractivity contribution in [1.82, 2.24) is 10.1 Å². The van der Waals surface area contributed by atoms with Gasteiger partial charge >= 0.3 is 0 Å². The largest absolute Gasteiger partial charge is 0.361 e. The highest BCUT2D eigenvalue weighted by atomic mass is 32.1. The first-order chi connectivity index (χ1) is 7.20. The first-order valence-corrected chi connectivity index (χ1v) is 5.63. The second kappa shape index (κ2) is 4.12. The fourth-order valence-electron chi connectivity index (χ4n) is 1.43. The van der Waals surface area contributed by atoms with Crippen molar-refractivity contribution in [3.05, 3.63) is 33.1 Å². The van der Waals surface area contributed by atoms with Crippen LogP contribution in [-0.2, 0) is 13.0 Å². The molecule has 2 rings (SSSR count). The van der Waals surface area contributed by atoms with Gasteiger partial charge in [0.1, 0.15) is 5.76 Å². The summed E-state index contributed by atoms with van der Waals surface area (Å²) in [5.41, 5.74) is 8.53.